The van der Waals surface area contributed by atoms with Gasteiger partial charge in [-0.25, -0.2) is 9.79 Å². The SMILES string of the molecule is CCOc1ccc(Cl)cc1/C=c1\sc2n(c1=O)[C@@H](c1ccc(SC)cc1)C(C(=O)OC(C)C)=C(C)N=2. The second-order valence-electron chi connectivity index (χ2n) is 8.42. The summed E-state index contributed by atoms with van der Waals surface area (Å²) in [5, 5.41) is 0.541. The van der Waals surface area contributed by atoms with Crippen LogP contribution >= 0.6 is 34.7 Å². The Labute approximate surface area is 222 Å². The quantitative estimate of drug-likeness (QED) is 0.312. The number of nitrogens with zero attached hydrogens (tertiary/aromatic N) is 2. The maximum absolute atomic E-state index is 13.8. The van der Waals surface area contributed by atoms with Gasteiger partial charge in [0.15, 0.2) is 4.80 Å². The molecule has 0 saturated carbocycles. The average Bonchev–Trinajstić information content (AvgIpc) is 3.14. The number of hydrogen-bond acceptors (Lipinski definition) is 7. The Morgan fingerprint density at radius 2 is 1.97 bits per heavy atom. The van der Waals surface area contributed by atoms with Crippen molar-refractivity contribution in [3.63, 3.8) is 0 Å². The molecule has 2 aromatic carbocycles. The van der Waals surface area contributed by atoms with Crippen molar-refractivity contribution < 1.29 is 14.3 Å². The summed E-state index contributed by atoms with van der Waals surface area (Å²) in [4.78, 5) is 33.3. The highest BCUT2D eigenvalue weighted by molar-refractivity contribution is 7.98. The van der Waals surface area contributed by atoms with Crippen molar-refractivity contribution in [2.45, 2.75) is 44.7 Å². The largest absolute Gasteiger partial charge is 0.493 e. The normalized spacial score (nSPS) is 15.6. The van der Waals surface area contributed by atoms with E-state index >= 15 is 0 Å². The van der Waals surface area contributed by atoms with E-state index in [2.05, 4.69) is 4.99 Å². The highest BCUT2D eigenvalue weighted by Gasteiger charge is 2.33. The van der Waals surface area contributed by atoms with Crippen LogP contribution in [0.15, 0.2) is 68.4 Å². The molecule has 1 atom stereocenters. The maximum atomic E-state index is 13.8. The van der Waals surface area contributed by atoms with Crippen molar-refractivity contribution in [3.05, 3.63) is 89.6 Å². The lowest BCUT2D eigenvalue weighted by Gasteiger charge is -2.25. The molecule has 1 aromatic heterocycles. The monoisotopic (exact) mass is 542 g/mol. The van der Waals surface area contributed by atoms with Crippen molar-refractivity contribution in [2.75, 3.05) is 12.9 Å². The fourth-order valence-electron chi connectivity index (χ4n) is 4.02. The number of halogens is 1. The lowest BCUT2D eigenvalue weighted by atomic mass is 9.96. The van der Waals surface area contributed by atoms with Gasteiger partial charge in [-0.2, -0.15) is 0 Å². The van der Waals surface area contributed by atoms with Gasteiger partial charge in [-0.15, -0.1) is 11.8 Å². The van der Waals surface area contributed by atoms with Crippen LogP contribution in [0.25, 0.3) is 6.08 Å². The Morgan fingerprint density at radius 1 is 1.25 bits per heavy atom. The predicted molar refractivity (Wildman–Crippen MR) is 146 cm³/mol. The van der Waals surface area contributed by atoms with Crippen LogP contribution in [0.4, 0.5) is 0 Å². The van der Waals surface area contributed by atoms with Gasteiger partial charge in [0.05, 0.1) is 34.6 Å². The summed E-state index contributed by atoms with van der Waals surface area (Å²) in [5.41, 5.74) is 2.15. The van der Waals surface area contributed by atoms with Crippen LogP contribution in [0.2, 0.25) is 5.02 Å². The number of thioether (sulfide) groups is 1. The number of thiazole rings is 1. The zero-order valence-corrected chi connectivity index (χ0v) is 23.1. The van der Waals surface area contributed by atoms with Crippen LogP contribution in [0.1, 0.15) is 44.9 Å². The van der Waals surface area contributed by atoms with E-state index in [0.717, 1.165) is 10.5 Å². The molecule has 1 aliphatic rings. The van der Waals surface area contributed by atoms with Crippen molar-refractivity contribution in [1.82, 2.24) is 4.57 Å². The fourth-order valence-corrected chi connectivity index (χ4v) is 5.65. The number of hydrogen-bond donors (Lipinski definition) is 0. The minimum atomic E-state index is -0.656. The Morgan fingerprint density at radius 3 is 2.61 bits per heavy atom. The van der Waals surface area contributed by atoms with E-state index in [1.165, 1.54) is 11.3 Å². The van der Waals surface area contributed by atoms with Gasteiger partial charge < -0.3 is 9.47 Å². The van der Waals surface area contributed by atoms with Gasteiger partial charge in [-0.1, -0.05) is 35.1 Å². The Hall–Kier alpha value is -2.81. The maximum Gasteiger partial charge on any atom is 0.338 e. The molecule has 0 bridgehead atoms. The molecule has 0 N–H and O–H groups in total. The Bertz CT molecular complexity index is 1500. The first-order chi connectivity index (χ1) is 17.2. The van der Waals surface area contributed by atoms with E-state index in [-0.39, 0.29) is 11.7 Å². The molecule has 0 fully saturated rings. The Balaban J connectivity index is 1.94. The fraction of sp³-hybridized carbons (Fsp3) is 0.296. The number of benzene rings is 2. The molecule has 0 radical (unpaired) electrons. The van der Waals surface area contributed by atoms with E-state index < -0.39 is 12.0 Å². The van der Waals surface area contributed by atoms with Gasteiger partial charge in [-0.3, -0.25) is 9.36 Å². The number of rotatable bonds is 7. The minimum absolute atomic E-state index is 0.248. The highest BCUT2D eigenvalue weighted by Crippen LogP contribution is 2.32. The van der Waals surface area contributed by atoms with Crippen molar-refractivity contribution >= 4 is 46.7 Å². The van der Waals surface area contributed by atoms with Gasteiger partial charge in [-0.05, 0) is 75.9 Å². The molecule has 4 rings (SSSR count). The topological polar surface area (TPSA) is 69.9 Å². The third kappa shape index (κ3) is 5.31. The van der Waals surface area contributed by atoms with E-state index in [1.54, 1.807) is 61.4 Å². The van der Waals surface area contributed by atoms with Gasteiger partial charge in [0, 0.05) is 15.5 Å². The molecule has 9 heteroatoms. The van der Waals surface area contributed by atoms with Crippen molar-refractivity contribution in [1.29, 1.82) is 0 Å². The van der Waals surface area contributed by atoms with Gasteiger partial charge in [0.1, 0.15) is 5.75 Å². The zero-order chi connectivity index (χ0) is 26.0. The standard InChI is InChI=1S/C27H27ClN2O4S2/c1-6-33-21-12-9-19(28)13-18(21)14-22-25(31)30-24(17-7-10-20(35-5)11-8-17)23(26(32)34-15(2)3)16(4)29-27(30)36-22/h7-15,24H,6H2,1-5H3/b22-14-/t24-/m0/s1. The van der Waals surface area contributed by atoms with Gasteiger partial charge in [0.2, 0.25) is 0 Å². The molecule has 36 heavy (non-hydrogen) atoms. The summed E-state index contributed by atoms with van der Waals surface area (Å²) in [6.45, 7) is 7.76. The molecule has 1 aliphatic heterocycles. The lowest BCUT2D eigenvalue weighted by Crippen LogP contribution is -2.40. The van der Waals surface area contributed by atoms with E-state index in [9.17, 15) is 9.59 Å². The molecule has 6 nitrogen and oxygen atoms in total. The average molecular weight is 543 g/mol. The van der Waals surface area contributed by atoms with Crippen LogP contribution in [0.5, 0.6) is 5.75 Å². The number of aromatic nitrogens is 1. The first-order valence-electron chi connectivity index (χ1n) is 11.5. The molecule has 3 aromatic rings. The highest BCUT2D eigenvalue weighted by atomic mass is 35.5. The number of carbonyl (C=O) groups excluding carboxylic acids is 1. The second-order valence-corrected chi connectivity index (χ2v) is 10.7. The minimum Gasteiger partial charge on any atom is -0.493 e. The summed E-state index contributed by atoms with van der Waals surface area (Å²) >= 11 is 9.12. The van der Waals surface area contributed by atoms with E-state index in [0.29, 0.717) is 43.5 Å². The van der Waals surface area contributed by atoms with Crippen molar-refractivity contribution in [2.24, 2.45) is 4.99 Å². The zero-order valence-electron chi connectivity index (χ0n) is 20.7. The van der Waals surface area contributed by atoms with Crippen LogP contribution in [0, 0.1) is 0 Å². The number of allylic oxidation sites excluding steroid dienone is 1. The molecule has 188 valence electrons. The smallest absolute Gasteiger partial charge is 0.338 e. The molecule has 0 saturated heterocycles. The van der Waals surface area contributed by atoms with Gasteiger partial charge >= 0.3 is 5.97 Å². The van der Waals surface area contributed by atoms with Crippen LogP contribution in [0.3, 0.4) is 0 Å². The van der Waals surface area contributed by atoms with Crippen molar-refractivity contribution in [3.8, 4) is 5.75 Å². The summed E-state index contributed by atoms with van der Waals surface area (Å²) < 4.78 is 13.3. The summed E-state index contributed by atoms with van der Waals surface area (Å²) in [6, 6.07) is 12.5. The second kappa shape index (κ2) is 11.1. The number of fused-ring (bicyclic) bond motifs is 1. The Kier molecular flexibility index (Phi) is 8.07. The number of carbonyl (C=O) groups is 1. The predicted octanol–water partition coefficient (Wildman–Crippen LogP) is 4.96. The number of ether oxygens (including phenoxy) is 2. The molecule has 0 amide bonds. The molecule has 0 spiro atoms. The lowest BCUT2D eigenvalue weighted by molar-refractivity contribution is -0.143. The molecular formula is C27H27ClN2O4S2. The summed E-state index contributed by atoms with van der Waals surface area (Å²) in [5.74, 6) is 0.155. The van der Waals surface area contributed by atoms with E-state index in [4.69, 9.17) is 21.1 Å². The third-order valence-electron chi connectivity index (χ3n) is 5.57. The van der Waals surface area contributed by atoms with Gasteiger partial charge in [0.25, 0.3) is 5.56 Å². The first kappa shape index (κ1) is 26.3. The summed E-state index contributed by atoms with van der Waals surface area (Å²) in [6.07, 6.45) is 3.46. The first-order valence-corrected chi connectivity index (χ1v) is 13.9. The third-order valence-corrected chi connectivity index (χ3v) is 7.54. The molecule has 0 unspecified atom stereocenters. The van der Waals surface area contributed by atoms with Crippen LogP contribution in [-0.2, 0) is 9.53 Å². The molecular weight excluding hydrogens is 516 g/mol. The van der Waals surface area contributed by atoms with E-state index in [1.807, 2.05) is 37.4 Å². The molecule has 0 aliphatic carbocycles. The van der Waals surface area contributed by atoms with Crippen LogP contribution < -0.4 is 19.6 Å². The van der Waals surface area contributed by atoms with Crippen LogP contribution in [-0.4, -0.2) is 29.5 Å². The molecule has 2 heterocycles. The number of esters is 1. The summed E-state index contributed by atoms with van der Waals surface area (Å²) in [7, 11) is 0.